The molecule has 9 heteroatoms. The fourth-order valence-corrected chi connectivity index (χ4v) is 4.12. The van der Waals surface area contributed by atoms with Gasteiger partial charge in [0.25, 0.3) is 0 Å². The Morgan fingerprint density at radius 1 is 1.21 bits per heavy atom. The van der Waals surface area contributed by atoms with Gasteiger partial charge in [-0.15, -0.1) is 0 Å². The van der Waals surface area contributed by atoms with Gasteiger partial charge in [-0.05, 0) is 67.1 Å². The molecule has 0 aliphatic rings. The number of methoxy groups -OCH3 is 1. The number of carbonyl (C=O) groups excluding carboxylic acids is 1. The highest BCUT2D eigenvalue weighted by Crippen LogP contribution is 2.31. The number of pyridine rings is 1. The van der Waals surface area contributed by atoms with Crippen molar-refractivity contribution in [2.75, 3.05) is 24.3 Å². The standard InChI is InChI=1S/C24H29IN6O2/c1-5-8-18(17-9-7-12-27-21(17)25)29-22-15(3)14-28-23(31-22)16-10-11-19(20(13-16)33-4)30-24(32)26-6-2/h7,9-14,18H,5-6,8H2,1-4H3,(H2,26,30,32)(H,28,29,31)/t18-/m0/s1. The summed E-state index contributed by atoms with van der Waals surface area (Å²) in [5.74, 6) is 1.88. The second-order valence-corrected chi connectivity index (χ2v) is 8.52. The number of carbonyl (C=O) groups is 1. The third-order valence-corrected chi connectivity index (χ3v) is 5.97. The SMILES string of the molecule is CCC[C@H](Nc1nc(-c2ccc(NC(=O)NCC)c(OC)c2)ncc1C)c1cccnc1I. The number of aromatic nitrogens is 3. The van der Waals surface area contributed by atoms with Crippen LogP contribution >= 0.6 is 22.6 Å². The molecule has 3 N–H and O–H groups in total. The molecule has 3 aromatic rings. The highest BCUT2D eigenvalue weighted by atomic mass is 127. The van der Waals surface area contributed by atoms with Crippen molar-refractivity contribution in [1.82, 2.24) is 20.3 Å². The monoisotopic (exact) mass is 560 g/mol. The fourth-order valence-electron chi connectivity index (χ4n) is 3.41. The summed E-state index contributed by atoms with van der Waals surface area (Å²) in [7, 11) is 1.57. The molecule has 33 heavy (non-hydrogen) atoms. The van der Waals surface area contributed by atoms with Crippen molar-refractivity contribution in [1.29, 1.82) is 0 Å². The predicted molar refractivity (Wildman–Crippen MR) is 140 cm³/mol. The number of aryl methyl sites for hydroxylation is 1. The Morgan fingerprint density at radius 2 is 2.03 bits per heavy atom. The third-order valence-electron chi connectivity index (χ3n) is 5.07. The Labute approximate surface area is 208 Å². The van der Waals surface area contributed by atoms with Crippen LogP contribution in [-0.4, -0.2) is 34.6 Å². The molecule has 2 heterocycles. The summed E-state index contributed by atoms with van der Waals surface area (Å²) < 4.78 is 6.47. The zero-order valence-electron chi connectivity index (χ0n) is 19.3. The molecular weight excluding hydrogens is 531 g/mol. The van der Waals surface area contributed by atoms with Crippen LogP contribution in [0, 0.1) is 10.6 Å². The third kappa shape index (κ3) is 6.31. The van der Waals surface area contributed by atoms with Crippen molar-refractivity contribution in [2.24, 2.45) is 0 Å². The summed E-state index contributed by atoms with van der Waals surface area (Å²) in [5, 5.41) is 9.10. The zero-order valence-corrected chi connectivity index (χ0v) is 21.4. The molecule has 0 aliphatic heterocycles. The molecule has 8 nitrogen and oxygen atoms in total. The van der Waals surface area contributed by atoms with Gasteiger partial charge in [0.2, 0.25) is 0 Å². The maximum atomic E-state index is 11.9. The van der Waals surface area contributed by atoms with E-state index in [1.54, 1.807) is 19.4 Å². The molecular formula is C24H29IN6O2. The maximum Gasteiger partial charge on any atom is 0.319 e. The second-order valence-electron chi connectivity index (χ2n) is 7.49. The maximum absolute atomic E-state index is 11.9. The number of nitrogens with zero attached hydrogens (tertiary/aromatic N) is 3. The molecule has 174 valence electrons. The Kier molecular flexibility index (Phi) is 8.81. The van der Waals surface area contributed by atoms with Crippen LogP contribution in [0.25, 0.3) is 11.4 Å². The van der Waals surface area contributed by atoms with Gasteiger partial charge in [-0.3, -0.25) is 0 Å². The van der Waals surface area contributed by atoms with Gasteiger partial charge in [-0.25, -0.2) is 19.7 Å². The molecule has 0 unspecified atom stereocenters. The molecule has 0 spiro atoms. The van der Waals surface area contributed by atoms with Gasteiger partial charge in [0.05, 0.1) is 18.8 Å². The minimum absolute atomic E-state index is 0.0928. The van der Waals surface area contributed by atoms with Crippen molar-refractivity contribution in [3.63, 3.8) is 0 Å². The van der Waals surface area contributed by atoms with Crippen LogP contribution < -0.4 is 20.7 Å². The number of nitrogens with one attached hydrogen (secondary N) is 3. The van der Waals surface area contributed by atoms with Crippen LogP contribution in [0.4, 0.5) is 16.3 Å². The lowest BCUT2D eigenvalue weighted by Gasteiger charge is -2.21. The number of anilines is 2. The Hall–Kier alpha value is -2.95. The number of rotatable bonds is 9. The smallest absolute Gasteiger partial charge is 0.319 e. The predicted octanol–water partition coefficient (Wildman–Crippen LogP) is 5.55. The lowest BCUT2D eigenvalue weighted by molar-refractivity contribution is 0.252. The van der Waals surface area contributed by atoms with E-state index in [2.05, 4.69) is 61.5 Å². The van der Waals surface area contributed by atoms with E-state index in [0.29, 0.717) is 23.8 Å². The van der Waals surface area contributed by atoms with E-state index in [0.717, 1.165) is 39.1 Å². The van der Waals surface area contributed by atoms with E-state index in [-0.39, 0.29) is 12.1 Å². The first kappa shape index (κ1) is 24.7. The Balaban J connectivity index is 1.90. The number of amides is 2. The highest BCUT2D eigenvalue weighted by molar-refractivity contribution is 14.1. The van der Waals surface area contributed by atoms with Crippen molar-refractivity contribution in [2.45, 2.75) is 39.7 Å². The lowest BCUT2D eigenvalue weighted by Crippen LogP contribution is -2.28. The number of ether oxygens (including phenoxy) is 1. The molecule has 0 aliphatic carbocycles. The Morgan fingerprint density at radius 3 is 2.73 bits per heavy atom. The summed E-state index contributed by atoms with van der Waals surface area (Å²) in [6.45, 7) is 6.55. The average molecular weight is 560 g/mol. The molecule has 1 atom stereocenters. The summed E-state index contributed by atoms with van der Waals surface area (Å²) in [6, 6.07) is 9.35. The molecule has 3 rings (SSSR count). The molecule has 1 aromatic carbocycles. The molecule has 0 saturated carbocycles. The largest absolute Gasteiger partial charge is 0.495 e. The van der Waals surface area contributed by atoms with E-state index in [4.69, 9.17) is 9.72 Å². The van der Waals surface area contributed by atoms with Crippen molar-refractivity contribution in [3.05, 3.63) is 57.6 Å². The Bertz CT molecular complexity index is 1110. The molecule has 0 fully saturated rings. The first-order chi connectivity index (χ1) is 16.0. The van der Waals surface area contributed by atoms with Gasteiger partial charge in [0, 0.05) is 35.6 Å². The number of hydrogen-bond donors (Lipinski definition) is 3. The second kappa shape index (κ2) is 11.8. The van der Waals surface area contributed by atoms with Gasteiger partial charge in [0.15, 0.2) is 5.82 Å². The highest BCUT2D eigenvalue weighted by Gasteiger charge is 2.17. The van der Waals surface area contributed by atoms with Crippen molar-refractivity contribution in [3.8, 4) is 17.1 Å². The van der Waals surface area contributed by atoms with Crippen LogP contribution in [-0.2, 0) is 0 Å². The number of hydrogen-bond acceptors (Lipinski definition) is 6. The molecule has 2 amide bonds. The van der Waals surface area contributed by atoms with Crippen LogP contribution in [0.3, 0.4) is 0 Å². The van der Waals surface area contributed by atoms with Gasteiger partial charge in [-0.2, -0.15) is 0 Å². The van der Waals surface area contributed by atoms with E-state index < -0.39 is 0 Å². The number of halogens is 1. The first-order valence-electron chi connectivity index (χ1n) is 10.9. The van der Waals surface area contributed by atoms with E-state index in [1.807, 2.05) is 38.2 Å². The van der Waals surface area contributed by atoms with Gasteiger partial charge in [0.1, 0.15) is 15.3 Å². The van der Waals surface area contributed by atoms with E-state index >= 15 is 0 Å². The van der Waals surface area contributed by atoms with Crippen LogP contribution in [0.2, 0.25) is 0 Å². The number of urea groups is 1. The van der Waals surface area contributed by atoms with E-state index in [9.17, 15) is 4.79 Å². The minimum Gasteiger partial charge on any atom is -0.495 e. The summed E-state index contributed by atoms with van der Waals surface area (Å²) in [6.07, 6.45) is 5.60. The van der Waals surface area contributed by atoms with Crippen LogP contribution in [0.5, 0.6) is 5.75 Å². The minimum atomic E-state index is -0.284. The molecule has 2 aromatic heterocycles. The number of benzene rings is 1. The summed E-state index contributed by atoms with van der Waals surface area (Å²) >= 11 is 2.27. The fraction of sp³-hybridized carbons (Fsp3) is 0.333. The van der Waals surface area contributed by atoms with Crippen LogP contribution in [0.15, 0.2) is 42.7 Å². The zero-order chi connectivity index (χ0) is 23.8. The van der Waals surface area contributed by atoms with Crippen molar-refractivity contribution < 1.29 is 9.53 Å². The van der Waals surface area contributed by atoms with E-state index in [1.165, 1.54) is 0 Å². The topological polar surface area (TPSA) is 101 Å². The first-order valence-corrected chi connectivity index (χ1v) is 12.0. The van der Waals surface area contributed by atoms with Crippen molar-refractivity contribution >= 4 is 40.1 Å². The quantitative estimate of drug-likeness (QED) is 0.234. The lowest BCUT2D eigenvalue weighted by atomic mass is 10.0. The summed E-state index contributed by atoms with van der Waals surface area (Å²) in [4.78, 5) is 25.7. The van der Waals surface area contributed by atoms with Gasteiger partial charge < -0.3 is 20.7 Å². The molecule has 0 bridgehead atoms. The summed E-state index contributed by atoms with van der Waals surface area (Å²) in [5.41, 5.74) is 3.48. The normalized spacial score (nSPS) is 11.5. The average Bonchev–Trinajstić information content (AvgIpc) is 2.81. The van der Waals surface area contributed by atoms with Gasteiger partial charge in [-0.1, -0.05) is 19.4 Å². The molecule has 0 saturated heterocycles. The van der Waals surface area contributed by atoms with Gasteiger partial charge >= 0.3 is 6.03 Å². The van der Waals surface area contributed by atoms with Crippen LogP contribution in [0.1, 0.15) is 43.9 Å². The molecule has 0 radical (unpaired) electrons.